The van der Waals surface area contributed by atoms with Gasteiger partial charge in [0.25, 0.3) is 5.91 Å². The van der Waals surface area contributed by atoms with Crippen molar-refractivity contribution in [3.05, 3.63) is 33.6 Å². The average molecular weight is 277 g/mol. The van der Waals surface area contributed by atoms with Crippen molar-refractivity contribution in [1.29, 1.82) is 0 Å². The first kappa shape index (κ1) is 13.3. The van der Waals surface area contributed by atoms with Crippen molar-refractivity contribution in [3.63, 3.8) is 0 Å². The minimum atomic E-state index is -0.250. The van der Waals surface area contributed by atoms with Crippen molar-refractivity contribution in [2.24, 2.45) is 0 Å². The summed E-state index contributed by atoms with van der Waals surface area (Å²) in [6.45, 7) is 1.64. The SMILES string of the molecule is Cc1nc(CNC(=O)c2sccc2C#CCO)no1. The molecule has 6 nitrogen and oxygen atoms in total. The first-order valence-corrected chi connectivity index (χ1v) is 6.33. The van der Waals surface area contributed by atoms with Crippen molar-refractivity contribution in [2.45, 2.75) is 13.5 Å². The number of carbonyl (C=O) groups excluding carboxylic acids is 1. The van der Waals surface area contributed by atoms with Crippen molar-refractivity contribution in [3.8, 4) is 11.8 Å². The van der Waals surface area contributed by atoms with Crippen molar-refractivity contribution >= 4 is 17.2 Å². The van der Waals surface area contributed by atoms with E-state index in [0.29, 0.717) is 22.2 Å². The molecular weight excluding hydrogens is 266 g/mol. The zero-order valence-electron chi connectivity index (χ0n) is 10.1. The van der Waals surface area contributed by atoms with E-state index in [2.05, 4.69) is 27.3 Å². The van der Waals surface area contributed by atoms with Crippen LogP contribution in [0.3, 0.4) is 0 Å². The van der Waals surface area contributed by atoms with Crippen LogP contribution in [0.2, 0.25) is 0 Å². The third-order valence-electron chi connectivity index (χ3n) is 2.15. The van der Waals surface area contributed by atoms with Gasteiger partial charge in [-0.25, -0.2) is 0 Å². The Labute approximate surface area is 113 Å². The second-order valence-corrected chi connectivity index (χ2v) is 4.45. The summed E-state index contributed by atoms with van der Waals surface area (Å²) >= 11 is 1.29. The van der Waals surface area contributed by atoms with Gasteiger partial charge in [0.1, 0.15) is 11.5 Å². The number of aliphatic hydroxyl groups excluding tert-OH is 1. The summed E-state index contributed by atoms with van der Waals surface area (Å²) in [6, 6.07) is 1.74. The van der Waals surface area contributed by atoms with Crippen LogP contribution in [0.15, 0.2) is 16.0 Å². The highest BCUT2D eigenvalue weighted by Crippen LogP contribution is 2.15. The van der Waals surface area contributed by atoms with Crippen LogP contribution in [0.5, 0.6) is 0 Å². The number of thiophene rings is 1. The molecule has 2 aromatic heterocycles. The Hall–Kier alpha value is -2.17. The fourth-order valence-corrected chi connectivity index (χ4v) is 2.14. The molecule has 0 fully saturated rings. The van der Waals surface area contributed by atoms with Crippen LogP contribution in [-0.4, -0.2) is 27.8 Å². The van der Waals surface area contributed by atoms with Gasteiger partial charge in [0.2, 0.25) is 5.89 Å². The van der Waals surface area contributed by atoms with Gasteiger partial charge in [0.05, 0.1) is 6.54 Å². The molecule has 1 amide bonds. The van der Waals surface area contributed by atoms with Gasteiger partial charge in [-0.15, -0.1) is 11.3 Å². The number of nitrogens with zero attached hydrogens (tertiary/aromatic N) is 2. The second kappa shape index (κ2) is 6.13. The van der Waals surface area contributed by atoms with E-state index in [0.717, 1.165) is 0 Å². The van der Waals surface area contributed by atoms with Gasteiger partial charge in [-0.2, -0.15) is 4.98 Å². The second-order valence-electron chi connectivity index (χ2n) is 3.54. The smallest absolute Gasteiger partial charge is 0.263 e. The zero-order valence-corrected chi connectivity index (χ0v) is 11.0. The molecule has 98 valence electrons. The number of aromatic nitrogens is 2. The van der Waals surface area contributed by atoms with Gasteiger partial charge in [-0.3, -0.25) is 4.79 Å². The molecule has 0 atom stereocenters. The third kappa shape index (κ3) is 3.40. The molecule has 19 heavy (non-hydrogen) atoms. The Bertz CT molecular complexity index is 636. The first-order valence-electron chi connectivity index (χ1n) is 5.45. The van der Waals surface area contributed by atoms with Gasteiger partial charge in [0, 0.05) is 12.5 Å². The van der Waals surface area contributed by atoms with E-state index in [1.165, 1.54) is 11.3 Å². The van der Waals surface area contributed by atoms with Crippen LogP contribution in [0.25, 0.3) is 0 Å². The monoisotopic (exact) mass is 277 g/mol. The number of aliphatic hydroxyl groups is 1. The van der Waals surface area contributed by atoms with Crippen LogP contribution in [0, 0.1) is 18.8 Å². The lowest BCUT2D eigenvalue weighted by Gasteiger charge is -2.00. The Morgan fingerprint density at radius 2 is 2.47 bits per heavy atom. The van der Waals surface area contributed by atoms with E-state index in [4.69, 9.17) is 9.63 Å². The Kier molecular flexibility index (Phi) is 4.28. The standard InChI is InChI=1S/C12H11N3O3S/c1-8-14-10(15-18-8)7-13-12(17)11-9(3-2-5-16)4-6-19-11/h4,6,16H,5,7H2,1H3,(H,13,17). The molecule has 2 aromatic rings. The van der Waals surface area contributed by atoms with Crippen molar-refractivity contribution < 1.29 is 14.4 Å². The minimum absolute atomic E-state index is 0.195. The maximum Gasteiger partial charge on any atom is 0.263 e. The topological polar surface area (TPSA) is 88.2 Å². The third-order valence-corrected chi connectivity index (χ3v) is 3.06. The molecule has 0 spiro atoms. The zero-order chi connectivity index (χ0) is 13.7. The molecule has 0 aliphatic heterocycles. The van der Waals surface area contributed by atoms with E-state index in [9.17, 15) is 4.79 Å². The van der Waals surface area contributed by atoms with E-state index in [1.807, 2.05) is 0 Å². The molecule has 0 aliphatic carbocycles. The highest BCUT2D eigenvalue weighted by Gasteiger charge is 2.12. The molecule has 2 rings (SSSR count). The fourth-order valence-electron chi connectivity index (χ4n) is 1.37. The highest BCUT2D eigenvalue weighted by atomic mass is 32.1. The van der Waals surface area contributed by atoms with Crippen LogP contribution in [-0.2, 0) is 6.54 Å². The number of rotatable bonds is 3. The van der Waals surface area contributed by atoms with Crippen LogP contribution < -0.4 is 5.32 Å². The molecule has 0 aromatic carbocycles. The summed E-state index contributed by atoms with van der Waals surface area (Å²) in [6.07, 6.45) is 0. The summed E-state index contributed by atoms with van der Waals surface area (Å²) in [7, 11) is 0. The van der Waals surface area contributed by atoms with Gasteiger partial charge >= 0.3 is 0 Å². The normalized spacial score (nSPS) is 9.79. The molecular formula is C12H11N3O3S. The maximum absolute atomic E-state index is 12.0. The van der Waals surface area contributed by atoms with Crippen molar-refractivity contribution in [1.82, 2.24) is 15.5 Å². The Morgan fingerprint density at radius 1 is 1.63 bits per heavy atom. The first-order chi connectivity index (χ1) is 9.20. The number of amides is 1. The van der Waals surface area contributed by atoms with Crippen LogP contribution in [0.1, 0.15) is 27.0 Å². The molecule has 2 heterocycles. The van der Waals surface area contributed by atoms with E-state index in [-0.39, 0.29) is 19.1 Å². The summed E-state index contributed by atoms with van der Waals surface area (Å²) in [5.41, 5.74) is 0.598. The van der Waals surface area contributed by atoms with E-state index >= 15 is 0 Å². The summed E-state index contributed by atoms with van der Waals surface area (Å²) in [5, 5.41) is 16.8. The minimum Gasteiger partial charge on any atom is -0.384 e. The van der Waals surface area contributed by atoms with Gasteiger partial charge in [-0.05, 0) is 11.4 Å². The van der Waals surface area contributed by atoms with Gasteiger partial charge in [-0.1, -0.05) is 17.0 Å². The Morgan fingerprint density at radius 3 is 3.16 bits per heavy atom. The van der Waals surface area contributed by atoms with Crippen molar-refractivity contribution in [2.75, 3.05) is 6.61 Å². The molecule has 0 bridgehead atoms. The predicted molar refractivity (Wildman–Crippen MR) is 68.5 cm³/mol. The lowest BCUT2D eigenvalue weighted by molar-refractivity contribution is 0.0953. The summed E-state index contributed by atoms with van der Waals surface area (Å²) < 4.78 is 4.80. The number of hydrogen-bond acceptors (Lipinski definition) is 6. The predicted octanol–water partition coefficient (Wildman–Crippen LogP) is 0.713. The van der Waals surface area contributed by atoms with E-state index in [1.54, 1.807) is 18.4 Å². The quantitative estimate of drug-likeness (QED) is 0.807. The largest absolute Gasteiger partial charge is 0.384 e. The Balaban J connectivity index is 2.02. The summed E-state index contributed by atoms with van der Waals surface area (Å²) in [5.74, 6) is 5.87. The average Bonchev–Trinajstić information content (AvgIpc) is 3.02. The molecule has 0 saturated heterocycles. The van der Waals surface area contributed by atoms with Crippen LogP contribution in [0.4, 0.5) is 0 Å². The van der Waals surface area contributed by atoms with Crippen LogP contribution >= 0.6 is 11.3 Å². The number of nitrogens with one attached hydrogen (secondary N) is 1. The van der Waals surface area contributed by atoms with Gasteiger partial charge < -0.3 is 14.9 Å². The number of carbonyl (C=O) groups is 1. The lowest BCUT2D eigenvalue weighted by atomic mass is 10.2. The number of hydrogen-bond donors (Lipinski definition) is 2. The summed E-state index contributed by atoms with van der Waals surface area (Å²) in [4.78, 5) is 16.4. The maximum atomic E-state index is 12.0. The molecule has 7 heteroatoms. The van der Waals surface area contributed by atoms with E-state index < -0.39 is 0 Å². The molecule has 0 unspecified atom stereocenters. The highest BCUT2D eigenvalue weighted by molar-refractivity contribution is 7.12. The molecule has 2 N–H and O–H groups in total. The lowest BCUT2D eigenvalue weighted by Crippen LogP contribution is -2.23. The molecule has 0 radical (unpaired) electrons. The fraction of sp³-hybridized carbons (Fsp3) is 0.250. The number of aryl methyl sites for hydroxylation is 1. The molecule has 0 saturated carbocycles. The molecule has 0 aliphatic rings. The van der Waals surface area contributed by atoms with Gasteiger partial charge in [0.15, 0.2) is 5.82 Å².